The normalized spacial score (nSPS) is 15.3. The number of hydrogen-bond acceptors (Lipinski definition) is 4. The number of carbonyl (C=O) groups excluding carboxylic acids is 1. The Morgan fingerprint density at radius 3 is 2.57 bits per heavy atom. The number of rotatable bonds is 8. The number of nitrogens with zero attached hydrogens (tertiary/aromatic N) is 1. The second kappa shape index (κ2) is 10.2. The monoisotopic (exact) mass is 321 g/mol. The molecule has 1 aliphatic heterocycles. The van der Waals surface area contributed by atoms with Crippen LogP contribution < -0.4 is 10.6 Å². The Hall–Kier alpha value is -1.63. The molecule has 0 saturated carbocycles. The van der Waals surface area contributed by atoms with E-state index in [-0.39, 0.29) is 6.03 Å². The van der Waals surface area contributed by atoms with E-state index in [9.17, 15) is 4.79 Å². The molecule has 1 heterocycles. The Kier molecular flexibility index (Phi) is 7.86. The van der Waals surface area contributed by atoms with E-state index in [2.05, 4.69) is 15.5 Å². The molecule has 0 aromatic heterocycles. The highest BCUT2D eigenvalue weighted by molar-refractivity contribution is 5.73. The van der Waals surface area contributed by atoms with Crippen LogP contribution in [0.4, 0.5) is 4.79 Å². The van der Waals surface area contributed by atoms with Crippen molar-refractivity contribution in [2.24, 2.45) is 0 Å². The van der Waals surface area contributed by atoms with Crippen molar-refractivity contribution in [2.75, 3.05) is 46.5 Å². The van der Waals surface area contributed by atoms with E-state index in [0.29, 0.717) is 19.7 Å². The highest BCUT2D eigenvalue weighted by Crippen LogP contribution is 2.05. The topological polar surface area (TPSA) is 62.8 Å². The molecule has 2 N–H and O–H groups in total. The fourth-order valence-corrected chi connectivity index (χ4v) is 2.49. The molecule has 6 heteroatoms. The third kappa shape index (κ3) is 6.99. The maximum Gasteiger partial charge on any atom is 0.315 e. The number of morpholine rings is 1. The minimum Gasteiger partial charge on any atom is -0.380 e. The molecule has 0 radical (unpaired) electrons. The molecule has 1 aliphatic rings. The molecule has 0 bridgehead atoms. The molecule has 0 atom stereocenters. The summed E-state index contributed by atoms with van der Waals surface area (Å²) >= 11 is 0. The molecule has 2 rings (SSSR count). The van der Waals surface area contributed by atoms with Crippen molar-refractivity contribution in [3.63, 3.8) is 0 Å². The van der Waals surface area contributed by atoms with Crippen LogP contribution in [-0.2, 0) is 22.6 Å². The first kappa shape index (κ1) is 17.7. The number of nitrogens with one attached hydrogen (secondary N) is 2. The van der Waals surface area contributed by atoms with Gasteiger partial charge >= 0.3 is 6.03 Å². The molecule has 1 fully saturated rings. The number of hydrogen-bond donors (Lipinski definition) is 2. The van der Waals surface area contributed by atoms with Gasteiger partial charge in [0.1, 0.15) is 0 Å². The van der Waals surface area contributed by atoms with Gasteiger partial charge in [0.2, 0.25) is 0 Å². The van der Waals surface area contributed by atoms with Crippen LogP contribution in [0.1, 0.15) is 17.5 Å². The fraction of sp³-hybridized carbons (Fsp3) is 0.588. The SMILES string of the molecule is COCc1ccc(CNC(=O)NCCCN2CCOCC2)cc1. The number of ether oxygens (including phenoxy) is 2. The largest absolute Gasteiger partial charge is 0.380 e. The first-order chi connectivity index (χ1) is 11.3. The lowest BCUT2D eigenvalue weighted by Gasteiger charge is -2.26. The van der Waals surface area contributed by atoms with Crippen molar-refractivity contribution < 1.29 is 14.3 Å². The van der Waals surface area contributed by atoms with E-state index >= 15 is 0 Å². The Labute approximate surface area is 138 Å². The van der Waals surface area contributed by atoms with Crippen LogP contribution in [0.25, 0.3) is 0 Å². The minimum absolute atomic E-state index is 0.118. The smallest absolute Gasteiger partial charge is 0.315 e. The second-order valence-electron chi connectivity index (χ2n) is 5.67. The Morgan fingerprint density at radius 2 is 1.87 bits per heavy atom. The van der Waals surface area contributed by atoms with Crippen LogP contribution in [0.5, 0.6) is 0 Å². The van der Waals surface area contributed by atoms with Crippen LogP contribution in [-0.4, -0.2) is 57.4 Å². The summed E-state index contributed by atoms with van der Waals surface area (Å²) < 4.78 is 10.4. The molecular formula is C17H27N3O3. The van der Waals surface area contributed by atoms with E-state index in [1.807, 2.05) is 24.3 Å². The van der Waals surface area contributed by atoms with Gasteiger partial charge in [0.05, 0.1) is 19.8 Å². The maximum absolute atomic E-state index is 11.8. The van der Waals surface area contributed by atoms with Gasteiger partial charge in [-0.15, -0.1) is 0 Å². The van der Waals surface area contributed by atoms with Crippen LogP contribution in [0, 0.1) is 0 Å². The highest BCUT2D eigenvalue weighted by atomic mass is 16.5. The van der Waals surface area contributed by atoms with E-state index in [4.69, 9.17) is 9.47 Å². The number of urea groups is 1. The van der Waals surface area contributed by atoms with E-state index in [1.165, 1.54) is 0 Å². The van der Waals surface area contributed by atoms with Crippen molar-refractivity contribution in [3.8, 4) is 0 Å². The lowest BCUT2D eigenvalue weighted by Crippen LogP contribution is -2.39. The quantitative estimate of drug-likeness (QED) is 0.710. The standard InChI is InChI=1S/C17H27N3O3/c1-22-14-16-5-3-15(4-6-16)13-19-17(21)18-7-2-8-20-9-11-23-12-10-20/h3-6H,2,7-14H2,1H3,(H2,18,19,21). The van der Waals surface area contributed by atoms with Gasteiger partial charge in [0, 0.05) is 33.3 Å². The molecule has 128 valence electrons. The molecule has 1 saturated heterocycles. The predicted molar refractivity (Wildman–Crippen MR) is 89.3 cm³/mol. The van der Waals surface area contributed by atoms with Crippen LogP contribution in [0.3, 0.4) is 0 Å². The van der Waals surface area contributed by atoms with Gasteiger partial charge in [0.15, 0.2) is 0 Å². The average molecular weight is 321 g/mol. The number of benzene rings is 1. The first-order valence-corrected chi connectivity index (χ1v) is 8.16. The van der Waals surface area contributed by atoms with Gasteiger partial charge in [-0.1, -0.05) is 24.3 Å². The summed E-state index contributed by atoms with van der Waals surface area (Å²) in [6, 6.07) is 7.93. The predicted octanol–water partition coefficient (Wildman–Crippen LogP) is 1.35. The maximum atomic E-state index is 11.8. The lowest BCUT2D eigenvalue weighted by atomic mass is 10.1. The molecule has 2 amide bonds. The van der Waals surface area contributed by atoms with E-state index in [0.717, 1.165) is 50.4 Å². The van der Waals surface area contributed by atoms with Crippen molar-refractivity contribution in [1.82, 2.24) is 15.5 Å². The van der Waals surface area contributed by atoms with Gasteiger partial charge in [-0.2, -0.15) is 0 Å². The summed E-state index contributed by atoms with van der Waals surface area (Å²) in [5, 5.41) is 5.77. The Morgan fingerprint density at radius 1 is 1.17 bits per heavy atom. The first-order valence-electron chi connectivity index (χ1n) is 8.16. The summed E-state index contributed by atoms with van der Waals surface area (Å²) in [5.74, 6) is 0. The van der Waals surface area contributed by atoms with Crippen molar-refractivity contribution in [2.45, 2.75) is 19.6 Å². The summed E-state index contributed by atoms with van der Waals surface area (Å²) in [6.07, 6.45) is 0.957. The number of carbonyl (C=O) groups is 1. The minimum atomic E-state index is -0.118. The Bertz CT molecular complexity index is 459. The van der Waals surface area contributed by atoms with Crippen LogP contribution >= 0.6 is 0 Å². The zero-order valence-electron chi connectivity index (χ0n) is 13.8. The Balaban J connectivity index is 1.55. The fourth-order valence-electron chi connectivity index (χ4n) is 2.49. The van der Waals surface area contributed by atoms with Crippen molar-refractivity contribution >= 4 is 6.03 Å². The summed E-state index contributed by atoms with van der Waals surface area (Å²) in [6.45, 7) is 6.45. The third-order valence-electron chi connectivity index (χ3n) is 3.83. The zero-order valence-corrected chi connectivity index (χ0v) is 13.8. The van der Waals surface area contributed by atoms with Gasteiger partial charge in [-0.25, -0.2) is 4.79 Å². The molecule has 23 heavy (non-hydrogen) atoms. The number of amides is 2. The summed E-state index contributed by atoms with van der Waals surface area (Å²) in [5.41, 5.74) is 2.21. The van der Waals surface area contributed by atoms with Gasteiger partial charge in [-0.05, 0) is 24.1 Å². The summed E-state index contributed by atoms with van der Waals surface area (Å²) in [7, 11) is 1.68. The lowest BCUT2D eigenvalue weighted by molar-refractivity contribution is 0.0375. The molecule has 0 aliphatic carbocycles. The number of methoxy groups -OCH3 is 1. The molecular weight excluding hydrogens is 294 g/mol. The van der Waals surface area contributed by atoms with Gasteiger partial charge < -0.3 is 20.1 Å². The van der Waals surface area contributed by atoms with Gasteiger partial charge in [-0.3, -0.25) is 4.90 Å². The molecule has 0 spiro atoms. The third-order valence-corrected chi connectivity index (χ3v) is 3.83. The molecule has 0 unspecified atom stereocenters. The van der Waals surface area contributed by atoms with E-state index in [1.54, 1.807) is 7.11 Å². The van der Waals surface area contributed by atoms with Gasteiger partial charge in [0.25, 0.3) is 0 Å². The van der Waals surface area contributed by atoms with Crippen molar-refractivity contribution in [1.29, 1.82) is 0 Å². The summed E-state index contributed by atoms with van der Waals surface area (Å²) in [4.78, 5) is 14.1. The molecule has 1 aromatic carbocycles. The average Bonchev–Trinajstić information content (AvgIpc) is 2.59. The van der Waals surface area contributed by atoms with Crippen LogP contribution in [0.2, 0.25) is 0 Å². The zero-order chi connectivity index (χ0) is 16.3. The molecule has 1 aromatic rings. The van der Waals surface area contributed by atoms with E-state index < -0.39 is 0 Å². The van der Waals surface area contributed by atoms with Crippen LogP contribution in [0.15, 0.2) is 24.3 Å². The highest BCUT2D eigenvalue weighted by Gasteiger charge is 2.09. The molecule has 6 nitrogen and oxygen atoms in total. The second-order valence-corrected chi connectivity index (χ2v) is 5.67. The van der Waals surface area contributed by atoms with Crippen molar-refractivity contribution in [3.05, 3.63) is 35.4 Å².